The summed E-state index contributed by atoms with van der Waals surface area (Å²) in [6, 6.07) is 8.91. The van der Waals surface area contributed by atoms with Gasteiger partial charge in [0.2, 0.25) is 0 Å². The van der Waals surface area contributed by atoms with Gasteiger partial charge in [-0.15, -0.1) is 11.3 Å². The lowest BCUT2D eigenvalue weighted by molar-refractivity contribution is 0.593. The molecule has 21 heavy (non-hydrogen) atoms. The van der Waals surface area contributed by atoms with E-state index < -0.39 is 15.8 Å². The Bertz CT molecular complexity index is 694. The minimum atomic E-state index is -3.63. The van der Waals surface area contributed by atoms with Crippen molar-refractivity contribution in [2.75, 3.05) is 4.72 Å². The summed E-state index contributed by atoms with van der Waals surface area (Å²) in [5, 5.41) is 3.24. The molecule has 7 heteroatoms. The van der Waals surface area contributed by atoms with E-state index in [1.807, 2.05) is 13.8 Å². The molecule has 0 atom stereocenters. The molecular formula is C14H17FN2O2S2. The molecule has 0 aliphatic heterocycles. The second-order valence-electron chi connectivity index (χ2n) is 4.87. The Morgan fingerprint density at radius 1 is 1.14 bits per heavy atom. The molecule has 2 N–H and O–H groups in total. The maximum absolute atomic E-state index is 12.8. The lowest BCUT2D eigenvalue weighted by atomic mass is 10.3. The van der Waals surface area contributed by atoms with Crippen molar-refractivity contribution in [1.82, 2.24) is 5.32 Å². The first-order valence-corrected chi connectivity index (χ1v) is 8.77. The summed E-state index contributed by atoms with van der Waals surface area (Å²) in [6.45, 7) is 4.69. The molecule has 1 aromatic heterocycles. The monoisotopic (exact) mass is 328 g/mol. The average molecular weight is 328 g/mol. The molecule has 0 aliphatic rings. The quantitative estimate of drug-likeness (QED) is 0.856. The number of rotatable bonds is 6. The molecule has 0 fully saturated rings. The Kier molecular flexibility index (Phi) is 4.97. The molecule has 114 valence electrons. The predicted molar refractivity (Wildman–Crippen MR) is 83.5 cm³/mol. The standard InChI is InChI=1S/C14H17FN2O2S2/c1-10(2)16-9-13-7-8-14(20-13)21(18,19)17-12-5-3-11(15)4-6-12/h3-8,10,16-17H,9H2,1-2H3. The van der Waals surface area contributed by atoms with Crippen molar-refractivity contribution in [3.05, 3.63) is 47.1 Å². The van der Waals surface area contributed by atoms with Crippen molar-refractivity contribution < 1.29 is 12.8 Å². The molecule has 1 heterocycles. The van der Waals surface area contributed by atoms with Crippen LogP contribution in [0.3, 0.4) is 0 Å². The Labute approximate surface area is 128 Å². The van der Waals surface area contributed by atoms with Crippen LogP contribution in [0.2, 0.25) is 0 Å². The van der Waals surface area contributed by atoms with Gasteiger partial charge in [0.1, 0.15) is 10.0 Å². The molecule has 0 aliphatic carbocycles. The number of halogens is 1. The van der Waals surface area contributed by atoms with Crippen LogP contribution in [0.25, 0.3) is 0 Å². The van der Waals surface area contributed by atoms with Crippen molar-refractivity contribution in [3.8, 4) is 0 Å². The molecule has 0 bridgehead atoms. The smallest absolute Gasteiger partial charge is 0.271 e. The minimum absolute atomic E-state index is 0.243. The van der Waals surface area contributed by atoms with E-state index in [9.17, 15) is 12.8 Å². The van der Waals surface area contributed by atoms with Crippen LogP contribution in [0.4, 0.5) is 10.1 Å². The molecule has 1 aromatic carbocycles. The van der Waals surface area contributed by atoms with Gasteiger partial charge < -0.3 is 5.32 Å². The van der Waals surface area contributed by atoms with Crippen molar-refractivity contribution in [2.45, 2.75) is 30.6 Å². The third-order valence-electron chi connectivity index (χ3n) is 2.68. The van der Waals surface area contributed by atoms with Crippen LogP contribution < -0.4 is 10.0 Å². The van der Waals surface area contributed by atoms with E-state index in [1.54, 1.807) is 12.1 Å². The third-order valence-corrected chi connectivity index (χ3v) is 5.64. The molecule has 0 amide bonds. The second kappa shape index (κ2) is 6.55. The van der Waals surface area contributed by atoms with Gasteiger partial charge in [-0.2, -0.15) is 0 Å². The van der Waals surface area contributed by atoms with Gasteiger partial charge in [-0.25, -0.2) is 12.8 Å². The van der Waals surface area contributed by atoms with E-state index in [0.29, 0.717) is 18.3 Å². The maximum atomic E-state index is 12.8. The van der Waals surface area contributed by atoms with Gasteiger partial charge >= 0.3 is 0 Å². The molecule has 0 spiro atoms. The van der Waals surface area contributed by atoms with Crippen LogP contribution in [0.5, 0.6) is 0 Å². The molecule has 0 radical (unpaired) electrons. The highest BCUT2D eigenvalue weighted by molar-refractivity contribution is 7.94. The number of hydrogen-bond donors (Lipinski definition) is 2. The zero-order chi connectivity index (χ0) is 15.5. The fourth-order valence-electron chi connectivity index (χ4n) is 1.63. The van der Waals surface area contributed by atoms with Crippen molar-refractivity contribution in [3.63, 3.8) is 0 Å². The average Bonchev–Trinajstić information content (AvgIpc) is 2.88. The molecule has 0 saturated heterocycles. The summed E-state index contributed by atoms with van der Waals surface area (Å²) in [6.07, 6.45) is 0. The number of thiophene rings is 1. The van der Waals surface area contributed by atoms with Gasteiger partial charge in [0, 0.05) is 23.2 Å². The highest BCUT2D eigenvalue weighted by atomic mass is 32.2. The number of anilines is 1. The lowest BCUT2D eigenvalue weighted by Gasteiger charge is -2.06. The Hall–Kier alpha value is -1.44. The fraction of sp³-hybridized carbons (Fsp3) is 0.286. The first-order chi connectivity index (χ1) is 9.87. The zero-order valence-corrected chi connectivity index (χ0v) is 13.4. The summed E-state index contributed by atoms with van der Waals surface area (Å²) in [5.74, 6) is -0.406. The summed E-state index contributed by atoms with van der Waals surface area (Å²) in [7, 11) is -3.63. The molecule has 0 unspecified atom stereocenters. The van der Waals surface area contributed by atoms with Crippen molar-refractivity contribution in [2.24, 2.45) is 0 Å². The Balaban J connectivity index is 2.10. The first kappa shape index (κ1) is 15.9. The van der Waals surface area contributed by atoms with E-state index in [2.05, 4.69) is 10.0 Å². The van der Waals surface area contributed by atoms with Gasteiger partial charge in [-0.3, -0.25) is 4.72 Å². The molecule has 4 nitrogen and oxygen atoms in total. The van der Waals surface area contributed by atoms with E-state index in [0.717, 1.165) is 4.88 Å². The van der Waals surface area contributed by atoms with E-state index in [-0.39, 0.29) is 4.21 Å². The Morgan fingerprint density at radius 3 is 2.43 bits per heavy atom. The van der Waals surface area contributed by atoms with Gasteiger partial charge in [0.25, 0.3) is 10.0 Å². The number of nitrogens with one attached hydrogen (secondary N) is 2. The zero-order valence-electron chi connectivity index (χ0n) is 11.8. The minimum Gasteiger partial charge on any atom is -0.310 e. The topological polar surface area (TPSA) is 58.2 Å². The van der Waals surface area contributed by atoms with Crippen LogP contribution in [-0.4, -0.2) is 14.5 Å². The normalized spacial score (nSPS) is 11.8. The second-order valence-corrected chi connectivity index (χ2v) is 7.95. The third kappa shape index (κ3) is 4.52. The van der Waals surface area contributed by atoms with Crippen molar-refractivity contribution >= 4 is 27.0 Å². The summed E-state index contributed by atoms with van der Waals surface area (Å²) in [5.41, 5.74) is 0.339. The highest BCUT2D eigenvalue weighted by Crippen LogP contribution is 2.24. The van der Waals surface area contributed by atoms with Gasteiger partial charge in [0.05, 0.1) is 0 Å². The van der Waals surface area contributed by atoms with E-state index in [1.165, 1.54) is 35.6 Å². The van der Waals surface area contributed by atoms with Gasteiger partial charge in [0.15, 0.2) is 0 Å². The number of sulfonamides is 1. The highest BCUT2D eigenvalue weighted by Gasteiger charge is 2.17. The fourth-order valence-corrected chi connectivity index (χ4v) is 3.99. The van der Waals surface area contributed by atoms with Crippen LogP contribution in [0.1, 0.15) is 18.7 Å². The number of hydrogen-bond acceptors (Lipinski definition) is 4. The maximum Gasteiger partial charge on any atom is 0.271 e. The SMILES string of the molecule is CC(C)NCc1ccc(S(=O)(=O)Nc2ccc(F)cc2)s1. The largest absolute Gasteiger partial charge is 0.310 e. The molecule has 0 saturated carbocycles. The summed E-state index contributed by atoms with van der Waals surface area (Å²) < 4.78 is 39.9. The van der Waals surface area contributed by atoms with Crippen molar-refractivity contribution in [1.29, 1.82) is 0 Å². The van der Waals surface area contributed by atoms with Crippen LogP contribution in [0, 0.1) is 5.82 Å². The first-order valence-electron chi connectivity index (χ1n) is 6.47. The summed E-state index contributed by atoms with van der Waals surface area (Å²) in [4.78, 5) is 0.947. The molecular weight excluding hydrogens is 311 g/mol. The predicted octanol–water partition coefficient (Wildman–Crippen LogP) is 3.19. The van der Waals surface area contributed by atoms with Gasteiger partial charge in [-0.05, 0) is 36.4 Å². The van der Waals surface area contributed by atoms with Crippen LogP contribution in [-0.2, 0) is 16.6 Å². The number of benzene rings is 1. The van der Waals surface area contributed by atoms with Crippen LogP contribution in [0.15, 0.2) is 40.6 Å². The Morgan fingerprint density at radius 2 is 1.81 bits per heavy atom. The molecule has 2 rings (SSSR count). The van der Waals surface area contributed by atoms with Gasteiger partial charge in [-0.1, -0.05) is 13.8 Å². The summed E-state index contributed by atoms with van der Waals surface area (Å²) >= 11 is 1.22. The van der Waals surface area contributed by atoms with E-state index >= 15 is 0 Å². The lowest BCUT2D eigenvalue weighted by Crippen LogP contribution is -2.21. The molecule has 2 aromatic rings. The van der Waals surface area contributed by atoms with E-state index in [4.69, 9.17) is 0 Å². The van der Waals surface area contributed by atoms with Crippen LogP contribution >= 0.6 is 11.3 Å².